The van der Waals surface area contributed by atoms with Crippen LogP contribution in [0.2, 0.25) is 0 Å². The van der Waals surface area contributed by atoms with E-state index in [4.69, 9.17) is 14.6 Å². The minimum atomic E-state index is -0.770. The number of hydrogen-bond acceptors (Lipinski definition) is 4. The van der Waals surface area contributed by atoms with Crippen LogP contribution in [0.4, 0.5) is 0 Å². The van der Waals surface area contributed by atoms with Gasteiger partial charge in [-0.2, -0.15) is 0 Å². The van der Waals surface area contributed by atoms with E-state index in [1.165, 1.54) is 0 Å². The lowest BCUT2D eigenvalue weighted by atomic mass is 9.97. The second kappa shape index (κ2) is 8.12. The molecule has 0 spiro atoms. The number of ether oxygens (including phenoxy) is 2. The summed E-state index contributed by atoms with van der Waals surface area (Å²) >= 11 is 0. The molecule has 0 aliphatic carbocycles. The average Bonchev–Trinajstić information content (AvgIpc) is 2.42. The first-order chi connectivity index (χ1) is 9.06. The Kier molecular flexibility index (Phi) is 6.80. The average molecular weight is 273 g/mol. The lowest BCUT2D eigenvalue weighted by Crippen LogP contribution is -2.45. The molecule has 0 radical (unpaired) electrons. The quantitative estimate of drug-likeness (QED) is 0.693. The molecule has 110 valence electrons. The molecule has 1 rings (SSSR count). The second-order valence-electron chi connectivity index (χ2n) is 4.65. The van der Waals surface area contributed by atoms with Gasteiger partial charge in [0, 0.05) is 19.7 Å². The first kappa shape index (κ1) is 15.9. The maximum Gasteiger partial charge on any atom is 0.306 e. The maximum atomic E-state index is 12.1. The molecule has 1 saturated heterocycles. The molecule has 6 nitrogen and oxygen atoms in total. The van der Waals surface area contributed by atoms with Crippen molar-refractivity contribution < 1.29 is 24.2 Å². The largest absolute Gasteiger partial charge is 0.481 e. The van der Waals surface area contributed by atoms with Crippen molar-refractivity contribution in [3.05, 3.63) is 0 Å². The first-order valence-corrected chi connectivity index (χ1v) is 6.77. The van der Waals surface area contributed by atoms with Gasteiger partial charge >= 0.3 is 5.97 Å². The summed E-state index contributed by atoms with van der Waals surface area (Å²) in [5, 5.41) is 8.90. The fourth-order valence-electron chi connectivity index (χ4n) is 2.10. The molecule has 1 fully saturated rings. The lowest BCUT2D eigenvalue weighted by Gasteiger charge is -2.31. The van der Waals surface area contributed by atoms with Gasteiger partial charge < -0.3 is 19.5 Å². The predicted octanol–water partition coefficient (Wildman–Crippen LogP) is 0.751. The molecule has 1 heterocycles. The molecule has 1 unspecified atom stereocenters. The van der Waals surface area contributed by atoms with Crippen molar-refractivity contribution in [1.29, 1.82) is 0 Å². The molecule has 1 aliphatic heterocycles. The minimum absolute atomic E-state index is 0.0691. The second-order valence-corrected chi connectivity index (χ2v) is 4.65. The molecule has 1 aliphatic rings. The van der Waals surface area contributed by atoms with E-state index < -0.39 is 12.1 Å². The number of carboxylic acid groups (broad SMARTS) is 1. The number of carbonyl (C=O) groups excluding carboxylic acids is 1. The van der Waals surface area contributed by atoms with Crippen LogP contribution in [0.25, 0.3) is 0 Å². The predicted molar refractivity (Wildman–Crippen MR) is 68.8 cm³/mol. The number of rotatable bonds is 7. The van der Waals surface area contributed by atoms with E-state index in [2.05, 4.69) is 0 Å². The molecule has 1 amide bonds. The zero-order valence-electron chi connectivity index (χ0n) is 11.6. The maximum absolute atomic E-state index is 12.1. The fourth-order valence-corrected chi connectivity index (χ4v) is 2.10. The van der Waals surface area contributed by atoms with Gasteiger partial charge in [0.25, 0.3) is 5.91 Å². The number of piperidine rings is 1. The van der Waals surface area contributed by atoms with Gasteiger partial charge in [0.15, 0.2) is 0 Å². The number of carbonyl (C=O) groups is 2. The third-order valence-corrected chi connectivity index (χ3v) is 3.30. The Morgan fingerprint density at radius 2 is 1.95 bits per heavy atom. The van der Waals surface area contributed by atoms with Crippen LogP contribution in [0.15, 0.2) is 0 Å². The summed E-state index contributed by atoms with van der Waals surface area (Å²) in [6.07, 6.45) is 0.543. The monoisotopic (exact) mass is 273 g/mol. The van der Waals surface area contributed by atoms with Crippen molar-refractivity contribution in [3.8, 4) is 0 Å². The normalized spacial score (nSPS) is 18.3. The molecule has 0 aromatic carbocycles. The van der Waals surface area contributed by atoms with E-state index >= 15 is 0 Å². The van der Waals surface area contributed by atoms with E-state index in [1.54, 1.807) is 11.8 Å². The zero-order chi connectivity index (χ0) is 14.3. The smallest absolute Gasteiger partial charge is 0.306 e. The summed E-state index contributed by atoms with van der Waals surface area (Å²) in [6, 6.07) is 0. The van der Waals surface area contributed by atoms with Crippen LogP contribution in [-0.4, -0.2) is 60.9 Å². The van der Waals surface area contributed by atoms with Gasteiger partial charge in [0.2, 0.25) is 0 Å². The number of aliphatic carboxylic acids is 1. The van der Waals surface area contributed by atoms with Crippen LogP contribution in [0.5, 0.6) is 0 Å². The van der Waals surface area contributed by atoms with E-state index in [9.17, 15) is 9.59 Å². The highest BCUT2D eigenvalue weighted by Gasteiger charge is 2.29. The van der Waals surface area contributed by atoms with Gasteiger partial charge in [0.1, 0.15) is 6.10 Å². The van der Waals surface area contributed by atoms with Gasteiger partial charge in [-0.25, -0.2) is 0 Å². The number of nitrogens with zero attached hydrogens (tertiary/aromatic N) is 1. The summed E-state index contributed by atoms with van der Waals surface area (Å²) in [4.78, 5) is 24.6. The van der Waals surface area contributed by atoms with E-state index in [-0.39, 0.29) is 11.8 Å². The molecule has 19 heavy (non-hydrogen) atoms. The Morgan fingerprint density at radius 1 is 1.32 bits per heavy atom. The summed E-state index contributed by atoms with van der Waals surface area (Å²) in [5.74, 6) is -1.16. The Balaban J connectivity index is 2.27. The highest BCUT2D eigenvalue weighted by molar-refractivity contribution is 5.81. The van der Waals surface area contributed by atoms with E-state index in [1.807, 2.05) is 6.92 Å². The summed E-state index contributed by atoms with van der Waals surface area (Å²) < 4.78 is 10.5. The van der Waals surface area contributed by atoms with E-state index in [0.717, 1.165) is 0 Å². The number of amides is 1. The van der Waals surface area contributed by atoms with Crippen LogP contribution in [0, 0.1) is 5.92 Å². The Hall–Kier alpha value is -1.14. The van der Waals surface area contributed by atoms with Crippen molar-refractivity contribution in [1.82, 2.24) is 4.90 Å². The summed E-state index contributed by atoms with van der Waals surface area (Å²) in [7, 11) is 0. The highest BCUT2D eigenvalue weighted by atomic mass is 16.5. The molecule has 6 heteroatoms. The first-order valence-electron chi connectivity index (χ1n) is 6.77. The molecule has 0 bridgehead atoms. The lowest BCUT2D eigenvalue weighted by molar-refractivity contribution is -0.150. The molecule has 1 atom stereocenters. The molecular weight excluding hydrogens is 250 g/mol. The summed E-state index contributed by atoms with van der Waals surface area (Å²) in [5.41, 5.74) is 0. The van der Waals surface area contributed by atoms with Crippen molar-refractivity contribution in [2.24, 2.45) is 5.92 Å². The number of hydrogen-bond donors (Lipinski definition) is 1. The fraction of sp³-hybridized carbons (Fsp3) is 0.846. The van der Waals surface area contributed by atoms with Crippen molar-refractivity contribution >= 4 is 11.9 Å². The van der Waals surface area contributed by atoms with Crippen LogP contribution < -0.4 is 0 Å². The van der Waals surface area contributed by atoms with Gasteiger partial charge in [-0.3, -0.25) is 9.59 Å². The van der Waals surface area contributed by atoms with Crippen molar-refractivity contribution in [3.63, 3.8) is 0 Å². The third kappa shape index (κ3) is 5.16. The Bertz CT molecular complexity index is 299. The van der Waals surface area contributed by atoms with Gasteiger partial charge in [0.05, 0.1) is 19.1 Å². The van der Waals surface area contributed by atoms with Crippen LogP contribution >= 0.6 is 0 Å². The molecular formula is C13H23NO5. The molecule has 0 aromatic rings. The van der Waals surface area contributed by atoms with Crippen LogP contribution in [0.1, 0.15) is 26.7 Å². The number of carboxylic acids is 1. The van der Waals surface area contributed by atoms with Gasteiger partial charge in [-0.05, 0) is 26.7 Å². The van der Waals surface area contributed by atoms with Crippen molar-refractivity contribution in [2.75, 3.05) is 32.9 Å². The Labute approximate surface area is 113 Å². The van der Waals surface area contributed by atoms with Crippen molar-refractivity contribution in [2.45, 2.75) is 32.8 Å². The third-order valence-electron chi connectivity index (χ3n) is 3.30. The topological polar surface area (TPSA) is 76.1 Å². The van der Waals surface area contributed by atoms with Crippen LogP contribution in [0.3, 0.4) is 0 Å². The molecule has 1 N–H and O–H groups in total. The van der Waals surface area contributed by atoms with Gasteiger partial charge in [-0.1, -0.05) is 0 Å². The van der Waals surface area contributed by atoms with Crippen LogP contribution in [-0.2, 0) is 19.1 Å². The molecule has 0 saturated carbocycles. The summed E-state index contributed by atoms with van der Waals surface area (Å²) in [6.45, 7) is 6.12. The Morgan fingerprint density at radius 3 is 2.47 bits per heavy atom. The molecule has 0 aromatic heterocycles. The standard InChI is InChI=1S/C13H23NO5/c1-3-18-8-9-19-10(2)12(15)14-6-4-11(5-7-14)13(16)17/h10-11H,3-9H2,1-2H3,(H,16,17). The van der Waals surface area contributed by atoms with E-state index in [0.29, 0.717) is 45.8 Å². The van der Waals surface area contributed by atoms with Gasteiger partial charge in [-0.15, -0.1) is 0 Å². The minimum Gasteiger partial charge on any atom is -0.481 e. The zero-order valence-corrected chi connectivity index (χ0v) is 11.6. The SMILES string of the molecule is CCOCCOC(C)C(=O)N1CCC(C(=O)O)CC1. The number of likely N-dealkylation sites (tertiary alicyclic amines) is 1. The highest BCUT2D eigenvalue weighted by Crippen LogP contribution is 2.18.